The van der Waals surface area contributed by atoms with Gasteiger partial charge in [-0.2, -0.15) is 0 Å². The Labute approximate surface area is 191 Å². The summed E-state index contributed by atoms with van der Waals surface area (Å²) in [7, 11) is 0. The standard InChI is InChI=1S/C26H24N2O5/c29-24(28-18-11-9-17(10-12-18)15-25(30)31)13-14-27-26(32)33-16-23-21-7-3-1-5-19(21)20-6-2-4-8-22(20)23/h1-12,23H,13-16H2,(H,27,32)(H,28,29)(H,30,31). The Bertz CT molecular complexity index is 1130. The summed E-state index contributed by atoms with van der Waals surface area (Å²) >= 11 is 0. The van der Waals surface area contributed by atoms with Gasteiger partial charge in [0.25, 0.3) is 0 Å². The molecule has 1 aliphatic carbocycles. The number of rotatable bonds is 8. The third kappa shape index (κ3) is 5.38. The van der Waals surface area contributed by atoms with Crippen LogP contribution in [0.15, 0.2) is 72.8 Å². The topological polar surface area (TPSA) is 105 Å². The Hall–Kier alpha value is -4.13. The van der Waals surface area contributed by atoms with E-state index >= 15 is 0 Å². The van der Waals surface area contributed by atoms with Crippen molar-refractivity contribution in [3.8, 4) is 11.1 Å². The van der Waals surface area contributed by atoms with Crippen molar-refractivity contribution in [2.75, 3.05) is 18.5 Å². The lowest BCUT2D eigenvalue weighted by molar-refractivity contribution is -0.136. The van der Waals surface area contributed by atoms with Gasteiger partial charge >= 0.3 is 12.1 Å². The molecule has 3 aromatic rings. The van der Waals surface area contributed by atoms with Gasteiger partial charge in [-0.3, -0.25) is 9.59 Å². The molecule has 7 heteroatoms. The van der Waals surface area contributed by atoms with Gasteiger partial charge in [0.2, 0.25) is 5.91 Å². The van der Waals surface area contributed by atoms with E-state index < -0.39 is 12.1 Å². The van der Waals surface area contributed by atoms with Crippen molar-refractivity contribution < 1.29 is 24.2 Å². The molecule has 0 unspecified atom stereocenters. The van der Waals surface area contributed by atoms with Crippen molar-refractivity contribution in [2.24, 2.45) is 0 Å². The van der Waals surface area contributed by atoms with Gasteiger partial charge in [0.15, 0.2) is 0 Å². The number of alkyl carbamates (subject to hydrolysis) is 1. The molecule has 0 aliphatic heterocycles. The molecule has 0 saturated carbocycles. The van der Waals surface area contributed by atoms with Gasteiger partial charge < -0.3 is 20.5 Å². The summed E-state index contributed by atoms with van der Waals surface area (Å²) in [6.45, 7) is 0.356. The average molecular weight is 444 g/mol. The van der Waals surface area contributed by atoms with Gasteiger partial charge in [-0.15, -0.1) is 0 Å². The minimum Gasteiger partial charge on any atom is -0.481 e. The molecule has 0 heterocycles. The van der Waals surface area contributed by atoms with Crippen LogP contribution in [0.5, 0.6) is 0 Å². The van der Waals surface area contributed by atoms with Crippen LogP contribution in [0.1, 0.15) is 29.0 Å². The van der Waals surface area contributed by atoms with Gasteiger partial charge in [0.05, 0.1) is 6.42 Å². The predicted octanol–water partition coefficient (Wildman–Crippen LogP) is 4.18. The number of carboxylic acids is 1. The van der Waals surface area contributed by atoms with Crippen LogP contribution in [0.4, 0.5) is 10.5 Å². The highest BCUT2D eigenvalue weighted by Gasteiger charge is 2.28. The van der Waals surface area contributed by atoms with Crippen molar-refractivity contribution in [3.63, 3.8) is 0 Å². The fourth-order valence-corrected chi connectivity index (χ4v) is 4.03. The van der Waals surface area contributed by atoms with Crippen molar-refractivity contribution in [1.82, 2.24) is 5.32 Å². The molecule has 0 saturated heterocycles. The van der Waals surface area contributed by atoms with Crippen LogP contribution in [-0.2, 0) is 20.7 Å². The number of fused-ring (bicyclic) bond motifs is 3. The van der Waals surface area contributed by atoms with E-state index in [0.717, 1.165) is 22.3 Å². The Morgan fingerprint density at radius 3 is 2.06 bits per heavy atom. The lowest BCUT2D eigenvalue weighted by atomic mass is 9.98. The van der Waals surface area contributed by atoms with Crippen LogP contribution in [-0.4, -0.2) is 36.2 Å². The molecule has 33 heavy (non-hydrogen) atoms. The third-order valence-corrected chi connectivity index (χ3v) is 5.56. The maximum atomic E-state index is 12.2. The molecule has 3 N–H and O–H groups in total. The minimum atomic E-state index is -0.911. The Morgan fingerprint density at radius 2 is 1.45 bits per heavy atom. The molecule has 168 valence electrons. The summed E-state index contributed by atoms with van der Waals surface area (Å²) in [6.07, 6.45) is -0.554. The lowest BCUT2D eigenvalue weighted by Gasteiger charge is -2.14. The molecule has 0 spiro atoms. The Morgan fingerprint density at radius 1 is 0.848 bits per heavy atom. The molecule has 0 atom stereocenters. The predicted molar refractivity (Wildman–Crippen MR) is 124 cm³/mol. The zero-order chi connectivity index (χ0) is 23.2. The van der Waals surface area contributed by atoms with Crippen LogP contribution in [0.25, 0.3) is 11.1 Å². The second-order valence-electron chi connectivity index (χ2n) is 7.82. The summed E-state index contributed by atoms with van der Waals surface area (Å²) in [5.41, 5.74) is 5.82. The van der Waals surface area contributed by atoms with E-state index in [1.807, 2.05) is 24.3 Å². The number of carbonyl (C=O) groups is 3. The first kappa shape index (κ1) is 22.1. The van der Waals surface area contributed by atoms with Crippen molar-refractivity contribution in [1.29, 1.82) is 0 Å². The van der Waals surface area contributed by atoms with Crippen molar-refractivity contribution >= 4 is 23.7 Å². The van der Waals surface area contributed by atoms with Crippen molar-refractivity contribution in [2.45, 2.75) is 18.8 Å². The van der Waals surface area contributed by atoms with Gasteiger partial charge in [-0.25, -0.2) is 4.79 Å². The minimum absolute atomic E-state index is 0.0180. The number of ether oxygens (including phenoxy) is 1. The monoisotopic (exact) mass is 444 g/mol. The van der Waals surface area contributed by atoms with Gasteiger partial charge in [-0.1, -0.05) is 60.7 Å². The molecule has 7 nitrogen and oxygen atoms in total. The summed E-state index contributed by atoms with van der Waals surface area (Å²) in [6, 6.07) is 22.8. The van der Waals surface area contributed by atoms with Gasteiger partial charge in [0.1, 0.15) is 6.61 Å². The molecule has 0 bridgehead atoms. The normalized spacial score (nSPS) is 11.9. The van der Waals surface area contributed by atoms with Crippen LogP contribution in [0, 0.1) is 0 Å². The van der Waals surface area contributed by atoms with Gasteiger partial charge in [0, 0.05) is 24.6 Å². The first-order valence-electron chi connectivity index (χ1n) is 10.7. The van der Waals surface area contributed by atoms with E-state index in [9.17, 15) is 14.4 Å². The largest absolute Gasteiger partial charge is 0.481 e. The summed E-state index contributed by atoms with van der Waals surface area (Å²) in [5, 5.41) is 14.1. The molecular formula is C26H24N2O5. The van der Waals surface area contributed by atoms with E-state index in [0.29, 0.717) is 11.3 Å². The summed E-state index contributed by atoms with van der Waals surface area (Å²) in [5.74, 6) is -1.19. The fraction of sp³-hybridized carbons (Fsp3) is 0.192. The van der Waals surface area contributed by atoms with E-state index in [1.54, 1.807) is 24.3 Å². The SMILES string of the molecule is O=C(O)Cc1ccc(NC(=O)CCNC(=O)OCC2c3ccccc3-c3ccccc32)cc1. The Kier molecular flexibility index (Phi) is 6.69. The zero-order valence-electron chi connectivity index (χ0n) is 17.9. The number of nitrogens with one attached hydrogen (secondary N) is 2. The van der Waals surface area contributed by atoms with Crippen LogP contribution >= 0.6 is 0 Å². The lowest BCUT2D eigenvalue weighted by Crippen LogP contribution is -2.29. The van der Waals surface area contributed by atoms with E-state index in [1.165, 1.54) is 0 Å². The first-order chi connectivity index (χ1) is 16.0. The second-order valence-corrected chi connectivity index (χ2v) is 7.82. The smallest absolute Gasteiger partial charge is 0.407 e. The van der Waals surface area contributed by atoms with E-state index in [-0.39, 0.29) is 37.8 Å². The maximum absolute atomic E-state index is 12.2. The third-order valence-electron chi connectivity index (χ3n) is 5.56. The summed E-state index contributed by atoms with van der Waals surface area (Å²) in [4.78, 5) is 35.0. The number of carboxylic acid groups (broad SMARTS) is 1. The molecule has 0 radical (unpaired) electrons. The summed E-state index contributed by atoms with van der Waals surface area (Å²) < 4.78 is 5.45. The average Bonchev–Trinajstić information content (AvgIpc) is 3.12. The Balaban J connectivity index is 1.23. The molecule has 0 aromatic heterocycles. The van der Waals surface area contributed by atoms with Gasteiger partial charge in [-0.05, 0) is 39.9 Å². The zero-order valence-corrected chi connectivity index (χ0v) is 17.9. The molecular weight excluding hydrogens is 420 g/mol. The molecule has 1 aliphatic rings. The van der Waals surface area contributed by atoms with E-state index in [2.05, 4.69) is 34.9 Å². The highest BCUT2D eigenvalue weighted by molar-refractivity contribution is 5.91. The fourth-order valence-electron chi connectivity index (χ4n) is 4.03. The van der Waals surface area contributed by atoms with Crippen molar-refractivity contribution in [3.05, 3.63) is 89.5 Å². The molecule has 3 aromatic carbocycles. The molecule has 2 amide bonds. The van der Waals surface area contributed by atoms with Crippen LogP contribution in [0.2, 0.25) is 0 Å². The van der Waals surface area contributed by atoms with E-state index in [4.69, 9.17) is 9.84 Å². The maximum Gasteiger partial charge on any atom is 0.407 e. The number of carbonyl (C=O) groups excluding carboxylic acids is 2. The highest BCUT2D eigenvalue weighted by atomic mass is 16.5. The number of amides is 2. The second kappa shape index (κ2) is 9.99. The van der Waals surface area contributed by atoms with Crippen LogP contribution in [0.3, 0.4) is 0 Å². The number of hydrogen-bond acceptors (Lipinski definition) is 4. The quantitative estimate of drug-likeness (QED) is 0.483. The number of anilines is 1. The molecule has 0 fully saturated rings. The number of benzene rings is 3. The first-order valence-corrected chi connectivity index (χ1v) is 10.7. The highest BCUT2D eigenvalue weighted by Crippen LogP contribution is 2.44. The number of aliphatic carboxylic acids is 1. The van der Waals surface area contributed by atoms with Crippen LogP contribution < -0.4 is 10.6 Å². The number of hydrogen-bond donors (Lipinski definition) is 3. The molecule has 4 rings (SSSR count).